The number of rotatable bonds is 4. The van der Waals surface area contributed by atoms with Gasteiger partial charge in [0.15, 0.2) is 5.13 Å². The summed E-state index contributed by atoms with van der Waals surface area (Å²) in [7, 11) is 0. The topological polar surface area (TPSA) is 79.3 Å². The molecule has 0 radical (unpaired) electrons. The standard InChI is InChI=1S/C15H14N2O3S/c1-9-7-12(4-3-11(9)5-6-13(18)19)14(20)17-15-16-8-10(2)21-15/h3-8H,1-2H3,(H,18,19)(H,16,17,20)/b6-5+. The maximum atomic E-state index is 12.1. The van der Waals surface area contributed by atoms with E-state index in [1.165, 1.54) is 17.4 Å². The van der Waals surface area contributed by atoms with Crippen molar-refractivity contribution in [2.24, 2.45) is 0 Å². The average Bonchev–Trinajstić information content (AvgIpc) is 2.82. The van der Waals surface area contributed by atoms with Crippen LogP contribution in [-0.4, -0.2) is 22.0 Å². The number of carbonyl (C=O) groups excluding carboxylic acids is 1. The first-order chi connectivity index (χ1) is 9.95. The molecule has 108 valence electrons. The number of thiazole rings is 1. The van der Waals surface area contributed by atoms with Crippen LogP contribution in [0.2, 0.25) is 0 Å². The van der Waals surface area contributed by atoms with E-state index in [1.807, 2.05) is 13.8 Å². The number of nitrogens with zero attached hydrogens (tertiary/aromatic N) is 1. The molecule has 0 fully saturated rings. The lowest BCUT2D eigenvalue weighted by atomic mass is 10.0. The van der Waals surface area contributed by atoms with E-state index >= 15 is 0 Å². The van der Waals surface area contributed by atoms with Gasteiger partial charge < -0.3 is 5.11 Å². The van der Waals surface area contributed by atoms with Crippen LogP contribution in [0, 0.1) is 13.8 Å². The molecule has 2 N–H and O–H groups in total. The predicted molar refractivity (Wildman–Crippen MR) is 82.7 cm³/mol. The number of anilines is 1. The number of benzene rings is 1. The van der Waals surface area contributed by atoms with E-state index in [2.05, 4.69) is 10.3 Å². The molecule has 0 bridgehead atoms. The minimum Gasteiger partial charge on any atom is -0.478 e. The maximum absolute atomic E-state index is 12.1. The number of amides is 1. The lowest BCUT2D eigenvalue weighted by Gasteiger charge is -2.05. The molecule has 1 aromatic carbocycles. The van der Waals surface area contributed by atoms with Gasteiger partial charge in [0, 0.05) is 22.7 Å². The first-order valence-electron chi connectivity index (χ1n) is 6.21. The van der Waals surface area contributed by atoms with Gasteiger partial charge in [-0.3, -0.25) is 10.1 Å². The summed E-state index contributed by atoms with van der Waals surface area (Å²) in [5.74, 6) is -1.24. The number of aromatic nitrogens is 1. The van der Waals surface area contributed by atoms with Crippen LogP contribution in [0.3, 0.4) is 0 Å². The van der Waals surface area contributed by atoms with Crippen molar-refractivity contribution in [1.29, 1.82) is 0 Å². The Morgan fingerprint density at radius 2 is 2.10 bits per heavy atom. The summed E-state index contributed by atoms with van der Waals surface area (Å²) in [5.41, 5.74) is 2.10. The first kappa shape index (κ1) is 14.9. The van der Waals surface area contributed by atoms with Crippen LogP contribution in [0.15, 0.2) is 30.5 Å². The van der Waals surface area contributed by atoms with E-state index in [-0.39, 0.29) is 5.91 Å². The van der Waals surface area contributed by atoms with E-state index in [9.17, 15) is 9.59 Å². The van der Waals surface area contributed by atoms with Gasteiger partial charge in [-0.1, -0.05) is 6.07 Å². The largest absolute Gasteiger partial charge is 0.478 e. The molecule has 2 aromatic rings. The molecule has 2 rings (SSSR count). The third kappa shape index (κ3) is 4.00. The molecular formula is C15H14N2O3S. The number of nitrogens with one attached hydrogen (secondary N) is 1. The molecule has 0 saturated carbocycles. The Bertz CT molecular complexity index is 719. The van der Waals surface area contributed by atoms with E-state index in [4.69, 9.17) is 5.11 Å². The number of aryl methyl sites for hydroxylation is 2. The maximum Gasteiger partial charge on any atom is 0.328 e. The molecule has 0 aliphatic carbocycles. The van der Waals surface area contributed by atoms with Crippen LogP contribution >= 0.6 is 11.3 Å². The highest BCUT2D eigenvalue weighted by atomic mass is 32.1. The number of carboxylic acids is 1. The van der Waals surface area contributed by atoms with Crippen molar-refractivity contribution in [3.8, 4) is 0 Å². The quantitative estimate of drug-likeness (QED) is 0.850. The summed E-state index contributed by atoms with van der Waals surface area (Å²) in [6.07, 6.45) is 4.27. The van der Waals surface area contributed by atoms with Gasteiger partial charge >= 0.3 is 5.97 Å². The molecule has 0 atom stereocenters. The second-order valence-corrected chi connectivity index (χ2v) is 5.71. The Morgan fingerprint density at radius 1 is 1.33 bits per heavy atom. The van der Waals surface area contributed by atoms with Gasteiger partial charge in [-0.2, -0.15) is 0 Å². The first-order valence-corrected chi connectivity index (χ1v) is 7.03. The highest BCUT2D eigenvalue weighted by Crippen LogP contribution is 2.18. The molecule has 0 aliphatic rings. The van der Waals surface area contributed by atoms with Crippen molar-refractivity contribution in [3.05, 3.63) is 52.0 Å². The third-order valence-electron chi connectivity index (χ3n) is 2.78. The number of carboxylic acid groups (broad SMARTS) is 1. The zero-order chi connectivity index (χ0) is 15.4. The molecule has 0 saturated heterocycles. The third-order valence-corrected chi connectivity index (χ3v) is 3.61. The Balaban J connectivity index is 2.15. The van der Waals surface area contributed by atoms with E-state index in [1.54, 1.807) is 24.4 Å². The molecule has 0 aliphatic heterocycles. The minimum atomic E-state index is -1.00. The second kappa shape index (κ2) is 6.32. The van der Waals surface area contributed by atoms with Gasteiger partial charge in [0.2, 0.25) is 0 Å². The van der Waals surface area contributed by atoms with Gasteiger partial charge in [0.25, 0.3) is 5.91 Å². The summed E-state index contributed by atoms with van der Waals surface area (Å²) in [4.78, 5) is 27.7. The SMILES string of the molecule is Cc1cnc(NC(=O)c2ccc(/C=C/C(=O)O)c(C)c2)s1. The minimum absolute atomic E-state index is 0.235. The van der Waals surface area contributed by atoms with Crippen molar-refractivity contribution in [1.82, 2.24) is 4.98 Å². The van der Waals surface area contributed by atoms with Crippen LogP contribution in [0.5, 0.6) is 0 Å². The highest BCUT2D eigenvalue weighted by molar-refractivity contribution is 7.15. The predicted octanol–water partition coefficient (Wildman–Crippen LogP) is 3.11. The van der Waals surface area contributed by atoms with Crippen LogP contribution in [0.4, 0.5) is 5.13 Å². The van der Waals surface area contributed by atoms with Crippen LogP contribution in [-0.2, 0) is 4.79 Å². The van der Waals surface area contributed by atoms with Gasteiger partial charge in [-0.25, -0.2) is 9.78 Å². The lowest BCUT2D eigenvalue weighted by molar-refractivity contribution is -0.131. The molecule has 21 heavy (non-hydrogen) atoms. The monoisotopic (exact) mass is 302 g/mol. The smallest absolute Gasteiger partial charge is 0.328 e. The van der Waals surface area contributed by atoms with Crippen LogP contribution in [0.1, 0.15) is 26.4 Å². The number of hydrogen-bond acceptors (Lipinski definition) is 4. The average molecular weight is 302 g/mol. The Morgan fingerprint density at radius 3 is 2.67 bits per heavy atom. The molecule has 1 amide bonds. The van der Waals surface area contributed by atoms with Crippen LogP contribution in [0.25, 0.3) is 6.08 Å². The molecule has 1 heterocycles. The molecule has 0 spiro atoms. The molecule has 1 aromatic heterocycles. The summed E-state index contributed by atoms with van der Waals surface area (Å²) in [6, 6.07) is 5.10. The number of hydrogen-bond donors (Lipinski definition) is 2. The van der Waals surface area contributed by atoms with Crippen molar-refractivity contribution in [2.75, 3.05) is 5.32 Å². The van der Waals surface area contributed by atoms with Gasteiger partial charge in [0.1, 0.15) is 0 Å². The van der Waals surface area contributed by atoms with Gasteiger partial charge in [-0.15, -0.1) is 11.3 Å². The van der Waals surface area contributed by atoms with Crippen molar-refractivity contribution < 1.29 is 14.7 Å². The Kier molecular flexibility index (Phi) is 4.49. The van der Waals surface area contributed by atoms with Crippen molar-refractivity contribution in [3.63, 3.8) is 0 Å². The molecule has 5 nitrogen and oxygen atoms in total. The zero-order valence-electron chi connectivity index (χ0n) is 11.6. The zero-order valence-corrected chi connectivity index (χ0v) is 12.4. The van der Waals surface area contributed by atoms with Gasteiger partial charge in [0.05, 0.1) is 0 Å². The highest BCUT2D eigenvalue weighted by Gasteiger charge is 2.09. The second-order valence-electron chi connectivity index (χ2n) is 4.47. The Hall–Kier alpha value is -2.47. The molecule has 0 unspecified atom stereocenters. The fraction of sp³-hybridized carbons (Fsp3) is 0.133. The van der Waals surface area contributed by atoms with E-state index < -0.39 is 5.97 Å². The van der Waals surface area contributed by atoms with Crippen molar-refractivity contribution in [2.45, 2.75) is 13.8 Å². The van der Waals surface area contributed by atoms with Gasteiger partial charge in [-0.05, 0) is 43.2 Å². The number of carbonyl (C=O) groups is 2. The number of aliphatic carboxylic acids is 1. The van der Waals surface area contributed by atoms with Crippen molar-refractivity contribution >= 4 is 34.4 Å². The Labute approximate surface area is 126 Å². The fourth-order valence-corrected chi connectivity index (χ4v) is 2.41. The summed E-state index contributed by atoms with van der Waals surface area (Å²) in [5, 5.41) is 11.9. The fourth-order valence-electron chi connectivity index (χ4n) is 1.75. The summed E-state index contributed by atoms with van der Waals surface area (Å²) >= 11 is 1.41. The van der Waals surface area contributed by atoms with E-state index in [0.29, 0.717) is 10.7 Å². The molecular weight excluding hydrogens is 288 g/mol. The lowest BCUT2D eigenvalue weighted by Crippen LogP contribution is -2.11. The molecule has 6 heteroatoms. The van der Waals surface area contributed by atoms with E-state index in [0.717, 1.165) is 22.1 Å². The van der Waals surface area contributed by atoms with Crippen LogP contribution < -0.4 is 5.32 Å². The summed E-state index contributed by atoms with van der Waals surface area (Å²) in [6.45, 7) is 3.74. The normalized spacial score (nSPS) is 10.8. The summed E-state index contributed by atoms with van der Waals surface area (Å²) < 4.78 is 0.